The van der Waals surface area contributed by atoms with E-state index in [-0.39, 0.29) is 12.0 Å². The van der Waals surface area contributed by atoms with Gasteiger partial charge in [-0.2, -0.15) is 0 Å². The number of rotatable bonds is 8. The van der Waals surface area contributed by atoms with Crippen molar-refractivity contribution < 1.29 is 23.1 Å². The zero-order valence-corrected chi connectivity index (χ0v) is 15.5. The number of carbonyl (C=O) groups is 1. The number of ether oxygens (including phenoxy) is 2. The van der Waals surface area contributed by atoms with E-state index in [1.165, 1.54) is 12.1 Å². The van der Waals surface area contributed by atoms with Crippen molar-refractivity contribution in [1.29, 1.82) is 0 Å². The van der Waals surface area contributed by atoms with Crippen molar-refractivity contribution in [3.05, 3.63) is 59.8 Å². The van der Waals surface area contributed by atoms with E-state index in [1.54, 1.807) is 36.7 Å². The number of hydrogen-bond donors (Lipinski definition) is 0. The Morgan fingerprint density at radius 3 is 3.04 bits per heavy atom. The first-order chi connectivity index (χ1) is 13.2. The number of morpholine rings is 1. The summed E-state index contributed by atoms with van der Waals surface area (Å²) in [7, 11) is 1.59. The van der Waals surface area contributed by atoms with Gasteiger partial charge >= 0.3 is 0 Å². The third kappa shape index (κ3) is 5.63. The standard InChI is InChI=1S/C20H25FN2O4/c1-25-9-7-23(20(24)17-3-2-4-18(21)11-17)14-19-13-22(6-10-27-19)12-16-5-8-26-15-16/h2-5,8,11,15,19H,6-7,9-10,12-14H2,1H3. The number of hydrogen-bond acceptors (Lipinski definition) is 5. The average molecular weight is 376 g/mol. The van der Waals surface area contributed by atoms with E-state index in [0.717, 1.165) is 18.7 Å². The van der Waals surface area contributed by atoms with Crippen LogP contribution in [0.15, 0.2) is 47.3 Å². The summed E-state index contributed by atoms with van der Waals surface area (Å²) in [6.45, 7) is 4.20. The molecular formula is C20H25FN2O4. The van der Waals surface area contributed by atoms with E-state index < -0.39 is 5.82 Å². The molecule has 1 saturated heterocycles. The molecule has 1 aromatic carbocycles. The topological polar surface area (TPSA) is 55.1 Å². The van der Waals surface area contributed by atoms with Gasteiger partial charge in [-0.05, 0) is 24.3 Å². The van der Waals surface area contributed by atoms with E-state index in [1.807, 2.05) is 6.07 Å². The van der Waals surface area contributed by atoms with Crippen LogP contribution >= 0.6 is 0 Å². The molecule has 0 saturated carbocycles. The second-order valence-electron chi connectivity index (χ2n) is 6.61. The van der Waals surface area contributed by atoms with Crippen molar-refractivity contribution in [1.82, 2.24) is 9.80 Å². The molecule has 2 heterocycles. The number of benzene rings is 1. The van der Waals surface area contributed by atoms with Gasteiger partial charge in [-0.25, -0.2) is 4.39 Å². The van der Waals surface area contributed by atoms with Crippen molar-refractivity contribution in [3.8, 4) is 0 Å². The molecule has 1 aliphatic rings. The molecule has 1 aliphatic heterocycles. The Kier molecular flexibility index (Phi) is 6.98. The maximum Gasteiger partial charge on any atom is 0.254 e. The summed E-state index contributed by atoms with van der Waals surface area (Å²) in [6, 6.07) is 7.70. The Morgan fingerprint density at radius 1 is 1.41 bits per heavy atom. The molecule has 0 spiro atoms. The van der Waals surface area contributed by atoms with Crippen LogP contribution in [0, 0.1) is 5.82 Å². The summed E-state index contributed by atoms with van der Waals surface area (Å²) in [6.07, 6.45) is 3.29. The molecule has 1 unspecified atom stereocenters. The highest BCUT2D eigenvalue weighted by molar-refractivity contribution is 5.94. The van der Waals surface area contributed by atoms with Crippen LogP contribution in [0.3, 0.4) is 0 Å². The van der Waals surface area contributed by atoms with E-state index in [2.05, 4.69) is 4.90 Å². The first-order valence-corrected chi connectivity index (χ1v) is 9.04. The zero-order valence-electron chi connectivity index (χ0n) is 15.5. The van der Waals surface area contributed by atoms with Crippen LogP contribution in [0.1, 0.15) is 15.9 Å². The molecule has 6 nitrogen and oxygen atoms in total. The minimum Gasteiger partial charge on any atom is -0.472 e. The second-order valence-corrected chi connectivity index (χ2v) is 6.61. The zero-order chi connectivity index (χ0) is 19.1. The molecule has 0 N–H and O–H groups in total. The number of furan rings is 1. The fourth-order valence-electron chi connectivity index (χ4n) is 3.20. The molecule has 2 aromatic rings. The highest BCUT2D eigenvalue weighted by Crippen LogP contribution is 2.14. The lowest BCUT2D eigenvalue weighted by atomic mass is 10.1. The Labute approximate surface area is 158 Å². The Balaban J connectivity index is 1.63. The van der Waals surface area contributed by atoms with Crippen molar-refractivity contribution in [2.75, 3.05) is 46.5 Å². The highest BCUT2D eigenvalue weighted by Gasteiger charge is 2.26. The first-order valence-electron chi connectivity index (χ1n) is 9.04. The Hall–Kier alpha value is -2.22. The summed E-state index contributed by atoms with van der Waals surface area (Å²) < 4.78 is 29.6. The SMILES string of the molecule is COCCN(CC1CN(Cc2ccoc2)CCO1)C(=O)c1cccc(F)c1. The molecule has 1 aromatic heterocycles. The third-order valence-electron chi connectivity index (χ3n) is 4.56. The van der Waals surface area contributed by atoms with Gasteiger partial charge in [0, 0.05) is 51.0 Å². The minimum atomic E-state index is -0.423. The average Bonchev–Trinajstić information content (AvgIpc) is 3.18. The van der Waals surface area contributed by atoms with Gasteiger partial charge in [0.25, 0.3) is 5.91 Å². The molecular weight excluding hydrogens is 351 g/mol. The molecule has 0 radical (unpaired) electrons. The second kappa shape index (κ2) is 9.64. The summed E-state index contributed by atoms with van der Waals surface area (Å²) in [5.74, 6) is -0.644. The van der Waals surface area contributed by atoms with E-state index in [0.29, 0.717) is 38.4 Å². The first kappa shape index (κ1) is 19.5. The smallest absolute Gasteiger partial charge is 0.254 e. The van der Waals surface area contributed by atoms with Gasteiger partial charge in [0.1, 0.15) is 5.82 Å². The highest BCUT2D eigenvalue weighted by atomic mass is 19.1. The van der Waals surface area contributed by atoms with Crippen molar-refractivity contribution in [2.24, 2.45) is 0 Å². The summed E-state index contributed by atoms with van der Waals surface area (Å²) in [4.78, 5) is 16.8. The van der Waals surface area contributed by atoms with Crippen molar-refractivity contribution in [3.63, 3.8) is 0 Å². The number of amides is 1. The van der Waals surface area contributed by atoms with E-state index >= 15 is 0 Å². The van der Waals surface area contributed by atoms with Gasteiger partial charge in [0.2, 0.25) is 0 Å². The van der Waals surface area contributed by atoms with Crippen molar-refractivity contribution >= 4 is 5.91 Å². The molecule has 1 atom stereocenters. The monoisotopic (exact) mass is 376 g/mol. The Morgan fingerprint density at radius 2 is 2.30 bits per heavy atom. The van der Waals surface area contributed by atoms with Gasteiger partial charge < -0.3 is 18.8 Å². The largest absolute Gasteiger partial charge is 0.472 e. The number of carbonyl (C=O) groups excluding carboxylic acids is 1. The fourth-order valence-corrected chi connectivity index (χ4v) is 3.20. The van der Waals surface area contributed by atoms with Gasteiger partial charge in [0.05, 0.1) is 31.8 Å². The van der Waals surface area contributed by atoms with Crippen LogP contribution in [-0.4, -0.2) is 68.3 Å². The number of nitrogens with zero attached hydrogens (tertiary/aromatic N) is 2. The third-order valence-corrected chi connectivity index (χ3v) is 4.56. The molecule has 0 bridgehead atoms. The number of halogens is 1. The lowest BCUT2D eigenvalue weighted by Gasteiger charge is -2.35. The van der Waals surface area contributed by atoms with E-state index in [9.17, 15) is 9.18 Å². The van der Waals surface area contributed by atoms with E-state index in [4.69, 9.17) is 13.9 Å². The van der Waals surface area contributed by atoms with Gasteiger partial charge in [-0.1, -0.05) is 6.07 Å². The number of methoxy groups -OCH3 is 1. The molecule has 1 amide bonds. The summed E-state index contributed by atoms with van der Waals surface area (Å²) in [5, 5.41) is 0. The molecule has 7 heteroatoms. The molecule has 1 fully saturated rings. The quantitative estimate of drug-likeness (QED) is 0.708. The predicted octanol–water partition coefficient (Wildman–Crippen LogP) is 2.41. The molecule has 27 heavy (non-hydrogen) atoms. The predicted molar refractivity (Wildman–Crippen MR) is 97.9 cm³/mol. The van der Waals surface area contributed by atoms with Crippen molar-refractivity contribution in [2.45, 2.75) is 12.6 Å². The van der Waals surface area contributed by atoms with Crippen LogP contribution in [0.4, 0.5) is 4.39 Å². The minimum absolute atomic E-state index is 0.111. The maximum absolute atomic E-state index is 13.5. The summed E-state index contributed by atoms with van der Waals surface area (Å²) >= 11 is 0. The lowest BCUT2D eigenvalue weighted by molar-refractivity contribution is -0.0444. The molecule has 3 rings (SSSR count). The molecule has 0 aliphatic carbocycles. The van der Waals surface area contributed by atoms with Crippen LogP contribution < -0.4 is 0 Å². The Bertz CT molecular complexity index is 723. The normalized spacial score (nSPS) is 17.8. The molecule has 146 valence electrons. The van der Waals surface area contributed by atoms with Crippen LogP contribution in [0.25, 0.3) is 0 Å². The van der Waals surface area contributed by atoms with Gasteiger partial charge in [0.15, 0.2) is 0 Å². The summed E-state index contributed by atoms with van der Waals surface area (Å²) in [5.41, 5.74) is 1.44. The van der Waals surface area contributed by atoms with Crippen LogP contribution in [0.5, 0.6) is 0 Å². The fraction of sp³-hybridized carbons (Fsp3) is 0.450. The van der Waals surface area contributed by atoms with Crippen LogP contribution in [0.2, 0.25) is 0 Å². The van der Waals surface area contributed by atoms with Gasteiger partial charge in [-0.15, -0.1) is 0 Å². The van der Waals surface area contributed by atoms with Gasteiger partial charge in [-0.3, -0.25) is 9.69 Å². The lowest BCUT2D eigenvalue weighted by Crippen LogP contribution is -2.49. The van der Waals surface area contributed by atoms with Crippen LogP contribution in [-0.2, 0) is 16.0 Å². The maximum atomic E-state index is 13.5.